The Labute approximate surface area is 135 Å². The molecule has 1 N–H and O–H groups in total. The number of carbonyl (C=O) groups excluding carboxylic acids is 1. The first-order valence-electron chi connectivity index (χ1n) is 8.21. The summed E-state index contributed by atoms with van der Waals surface area (Å²) in [7, 11) is 0. The zero-order valence-electron chi connectivity index (χ0n) is 13.0. The van der Waals surface area contributed by atoms with Crippen molar-refractivity contribution in [2.75, 3.05) is 6.54 Å². The van der Waals surface area contributed by atoms with Gasteiger partial charge in [0.2, 0.25) is 0 Å². The first kappa shape index (κ1) is 14.1. The van der Waals surface area contributed by atoms with Crippen LogP contribution in [-0.2, 0) is 0 Å². The maximum Gasteiger partial charge on any atom is 0.275 e. The molecule has 0 bridgehead atoms. The first-order chi connectivity index (χ1) is 11.3. The molecule has 4 nitrogen and oxygen atoms in total. The van der Waals surface area contributed by atoms with Crippen molar-refractivity contribution in [2.45, 2.75) is 37.6 Å². The van der Waals surface area contributed by atoms with E-state index >= 15 is 0 Å². The van der Waals surface area contributed by atoms with Crippen LogP contribution in [0, 0.1) is 11.8 Å². The number of hydrogen-bond acceptors (Lipinski definition) is 2. The molecule has 4 heteroatoms. The molecule has 2 saturated carbocycles. The summed E-state index contributed by atoms with van der Waals surface area (Å²) in [5.41, 5.74) is 2.60. The van der Waals surface area contributed by atoms with Gasteiger partial charge in [0.1, 0.15) is 5.69 Å². The lowest BCUT2D eigenvalue weighted by Crippen LogP contribution is -2.33. The fourth-order valence-corrected chi connectivity index (χ4v) is 2.70. The average molecular weight is 305 g/mol. The van der Waals surface area contributed by atoms with Gasteiger partial charge in [0.25, 0.3) is 5.91 Å². The molecule has 116 valence electrons. The quantitative estimate of drug-likeness (QED) is 0.883. The Morgan fingerprint density at radius 2 is 2.00 bits per heavy atom. The molecule has 0 saturated heterocycles. The lowest BCUT2D eigenvalue weighted by Gasteiger charge is -2.18. The summed E-state index contributed by atoms with van der Waals surface area (Å²) in [6.07, 6.45) is 4.53. The fraction of sp³-hybridized carbons (Fsp3) is 0.368. The van der Waals surface area contributed by atoms with E-state index in [9.17, 15) is 4.79 Å². The van der Waals surface area contributed by atoms with Gasteiger partial charge in [-0.05, 0) is 43.9 Å². The van der Waals surface area contributed by atoms with Gasteiger partial charge in [-0.2, -0.15) is 5.10 Å². The predicted octanol–water partition coefficient (Wildman–Crippen LogP) is 2.94. The average Bonchev–Trinajstić information content (AvgIpc) is 3.51. The van der Waals surface area contributed by atoms with E-state index in [0.717, 1.165) is 24.1 Å². The van der Waals surface area contributed by atoms with Gasteiger partial charge >= 0.3 is 0 Å². The molecule has 0 radical (unpaired) electrons. The largest absolute Gasteiger partial charge is 0.323 e. The van der Waals surface area contributed by atoms with Crippen LogP contribution in [0.1, 0.15) is 53.3 Å². The third-order valence-corrected chi connectivity index (χ3v) is 4.34. The van der Waals surface area contributed by atoms with E-state index in [1.807, 2.05) is 41.3 Å². The Bertz CT molecular complexity index is 761. The number of benzene rings is 1. The number of rotatable bonds is 4. The van der Waals surface area contributed by atoms with Crippen LogP contribution in [0.4, 0.5) is 0 Å². The number of H-pyrrole nitrogens is 1. The van der Waals surface area contributed by atoms with Gasteiger partial charge in [0.15, 0.2) is 0 Å². The van der Waals surface area contributed by atoms with Gasteiger partial charge < -0.3 is 4.90 Å². The molecule has 4 rings (SSSR count). The summed E-state index contributed by atoms with van der Waals surface area (Å²) >= 11 is 0. The number of nitrogens with zero attached hydrogens (tertiary/aromatic N) is 2. The highest BCUT2D eigenvalue weighted by molar-refractivity contribution is 5.93. The SMILES string of the molecule is O=C(c1cc(C2CC2)[nH]n1)N(CC#Cc1ccccc1)C1CC1. The van der Waals surface area contributed by atoms with Crippen LogP contribution in [0.3, 0.4) is 0 Å². The highest BCUT2D eigenvalue weighted by atomic mass is 16.2. The van der Waals surface area contributed by atoms with E-state index in [2.05, 4.69) is 22.0 Å². The lowest BCUT2D eigenvalue weighted by atomic mass is 10.2. The van der Waals surface area contributed by atoms with E-state index < -0.39 is 0 Å². The van der Waals surface area contributed by atoms with Crippen molar-refractivity contribution in [3.05, 3.63) is 53.3 Å². The number of carbonyl (C=O) groups is 1. The van der Waals surface area contributed by atoms with Crippen molar-refractivity contribution in [3.63, 3.8) is 0 Å². The Morgan fingerprint density at radius 3 is 2.70 bits per heavy atom. The van der Waals surface area contributed by atoms with Crippen LogP contribution >= 0.6 is 0 Å². The van der Waals surface area contributed by atoms with Gasteiger partial charge in [-0.1, -0.05) is 30.0 Å². The minimum atomic E-state index is -0.00184. The number of amides is 1. The molecule has 0 atom stereocenters. The van der Waals surface area contributed by atoms with Crippen molar-refractivity contribution < 1.29 is 4.79 Å². The Balaban J connectivity index is 1.46. The second kappa shape index (κ2) is 5.92. The van der Waals surface area contributed by atoms with Crippen LogP contribution < -0.4 is 0 Å². The van der Waals surface area contributed by atoms with Crippen molar-refractivity contribution >= 4 is 5.91 Å². The molecular weight excluding hydrogens is 286 g/mol. The lowest BCUT2D eigenvalue weighted by molar-refractivity contribution is 0.0760. The fourth-order valence-electron chi connectivity index (χ4n) is 2.70. The van der Waals surface area contributed by atoms with E-state index in [-0.39, 0.29) is 5.91 Å². The molecular formula is C19H19N3O. The summed E-state index contributed by atoms with van der Waals surface area (Å²) in [6.45, 7) is 0.462. The number of aromatic amines is 1. The molecule has 0 spiro atoms. The molecule has 1 aromatic heterocycles. The van der Waals surface area contributed by atoms with Gasteiger partial charge in [-0.15, -0.1) is 0 Å². The molecule has 1 aromatic carbocycles. The molecule has 0 unspecified atom stereocenters. The second-order valence-corrected chi connectivity index (χ2v) is 6.31. The van der Waals surface area contributed by atoms with Crippen LogP contribution in [0.25, 0.3) is 0 Å². The Morgan fingerprint density at radius 1 is 1.22 bits per heavy atom. The third kappa shape index (κ3) is 3.29. The summed E-state index contributed by atoms with van der Waals surface area (Å²) in [5, 5.41) is 7.22. The summed E-state index contributed by atoms with van der Waals surface area (Å²) in [6, 6.07) is 12.1. The van der Waals surface area contributed by atoms with Crippen LogP contribution in [0.15, 0.2) is 36.4 Å². The minimum Gasteiger partial charge on any atom is -0.323 e. The number of nitrogens with one attached hydrogen (secondary N) is 1. The topological polar surface area (TPSA) is 49.0 Å². The summed E-state index contributed by atoms with van der Waals surface area (Å²) < 4.78 is 0. The van der Waals surface area contributed by atoms with E-state index in [4.69, 9.17) is 0 Å². The van der Waals surface area contributed by atoms with Gasteiger partial charge in [-0.25, -0.2) is 0 Å². The molecule has 2 fully saturated rings. The minimum absolute atomic E-state index is 0.00184. The molecule has 23 heavy (non-hydrogen) atoms. The summed E-state index contributed by atoms with van der Waals surface area (Å²) in [4.78, 5) is 14.6. The number of aromatic nitrogens is 2. The highest BCUT2D eigenvalue weighted by Crippen LogP contribution is 2.39. The van der Waals surface area contributed by atoms with Gasteiger partial charge in [-0.3, -0.25) is 9.89 Å². The second-order valence-electron chi connectivity index (χ2n) is 6.31. The normalized spacial score (nSPS) is 16.5. The standard InChI is InChI=1S/C19H19N3O/c23-19(18-13-17(20-21-18)15-8-9-15)22(16-10-11-16)12-4-7-14-5-2-1-3-6-14/h1-3,5-6,13,15-16H,8-12H2,(H,20,21). The van der Waals surface area contributed by atoms with Gasteiger partial charge in [0.05, 0.1) is 6.54 Å². The molecule has 2 aliphatic rings. The van der Waals surface area contributed by atoms with Crippen molar-refractivity contribution in [2.24, 2.45) is 0 Å². The molecule has 2 aromatic rings. The monoisotopic (exact) mass is 305 g/mol. The van der Waals surface area contributed by atoms with E-state index in [0.29, 0.717) is 24.2 Å². The van der Waals surface area contributed by atoms with Crippen molar-refractivity contribution in [1.29, 1.82) is 0 Å². The van der Waals surface area contributed by atoms with Crippen molar-refractivity contribution in [3.8, 4) is 11.8 Å². The van der Waals surface area contributed by atoms with E-state index in [1.165, 1.54) is 12.8 Å². The zero-order chi connectivity index (χ0) is 15.6. The van der Waals surface area contributed by atoms with Crippen LogP contribution in [-0.4, -0.2) is 33.6 Å². The smallest absolute Gasteiger partial charge is 0.275 e. The van der Waals surface area contributed by atoms with E-state index in [1.54, 1.807) is 0 Å². The Hall–Kier alpha value is -2.54. The molecule has 0 aliphatic heterocycles. The molecule has 1 heterocycles. The summed E-state index contributed by atoms with van der Waals surface area (Å²) in [5.74, 6) is 6.84. The zero-order valence-corrected chi connectivity index (χ0v) is 13.0. The maximum absolute atomic E-state index is 12.7. The highest BCUT2D eigenvalue weighted by Gasteiger charge is 2.34. The Kier molecular flexibility index (Phi) is 3.63. The van der Waals surface area contributed by atoms with Crippen LogP contribution in [0.5, 0.6) is 0 Å². The molecule has 2 aliphatic carbocycles. The third-order valence-electron chi connectivity index (χ3n) is 4.34. The maximum atomic E-state index is 12.7. The van der Waals surface area contributed by atoms with Crippen molar-refractivity contribution in [1.82, 2.24) is 15.1 Å². The van der Waals surface area contributed by atoms with Gasteiger partial charge in [0, 0.05) is 23.2 Å². The predicted molar refractivity (Wildman–Crippen MR) is 87.9 cm³/mol. The first-order valence-corrected chi connectivity index (χ1v) is 8.21. The molecule has 1 amide bonds. The van der Waals surface area contributed by atoms with Crippen LogP contribution in [0.2, 0.25) is 0 Å². The number of hydrogen-bond donors (Lipinski definition) is 1.